The van der Waals surface area contributed by atoms with Crippen molar-refractivity contribution in [1.29, 1.82) is 0 Å². The quantitative estimate of drug-likeness (QED) is 0.358. The molecule has 0 bridgehead atoms. The largest absolute Gasteiger partial charge is 0.383 e. The van der Waals surface area contributed by atoms with Crippen LogP contribution < -0.4 is 10.6 Å². The maximum atomic E-state index is 5.16. The van der Waals surface area contributed by atoms with Gasteiger partial charge in [-0.15, -0.1) is 24.0 Å². The Hall–Kier alpha value is -0.120. The van der Waals surface area contributed by atoms with Crippen LogP contribution in [0.2, 0.25) is 0 Å². The van der Waals surface area contributed by atoms with Crippen LogP contribution >= 0.6 is 24.0 Å². The van der Waals surface area contributed by atoms with Crippen LogP contribution in [0.1, 0.15) is 20.8 Å². The second kappa shape index (κ2) is 12.3. The van der Waals surface area contributed by atoms with Gasteiger partial charge >= 0.3 is 0 Å². The summed E-state index contributed by atoms with van der Waals surface area (Å²) in [4.78, 5) is 9.61. The van der Waals surface area contributed by atoms with Gasteiger partial charge in [-0.25, -0.2) is 0 Å². The Morgan fingerprint density at radius 2 is 1.86 bits per heavy atom. The van der Waals surface area contributed by atoms with Gasteiger partial charge < -0.3 is 20.3 Å². The summed E-state index contributed by atoms with van der Waals surface area (Å²) < 4.78 is 5.16. The van der Waals surface area contributed by atoms with E-state index in [9.17, 15) is 0 Å². The lowest BCUT2D eigenvalue weighted by Gasteiger charge is -2.36. The second-order valence-electron chi connectivity index (χ2n) is 5.91. The lowest BCUT2D eigenvalue weighted by atomic mass is 10.2. The molecule has 0 aromatic rings. The lowest BCUT2D eigenvalue weighted by molar-refractivity contribution is 0.122. The third-order valence-electron chi connectivity index (χ3n) is 3.82. The van der Waals surface area contributed by atoms with Crippen LogP contribution in [0, 0.1) is 0 Å². The molecule has 22 heavy (non-hydrogen) atoms. The normalized spacial score (nSPS) is 20.1. The second-order valence-corrected chi connectivity index (χ2v) is 5.91. The molecule has 2 N–H and O–H groups in total. The fraction of sp³-hybridized carbons (Fsp3) is 0.933. The van der Waals surface area contributed by atoms with E-state index in [0.717, 1.165) is 45.2 Å². The molecule has 0 spiro atoms. The summed E-state index contributed by atoms with van der Waals surface area (Å²) in [5, 5.41) is 6.67. The summed E-state index contributed by atoms with van der Waals surface area (Å²) in [6.45, 7) is 13.4. The fourth-order valence-electron chi connectivity index (χ4n) is 2.45. The monoisotopic (exact) mass is 427 g/mol. The summed E-state index contributed by atoms with van der Waals surface area (Å²) in [6.07, 6.45) is 0. The molecule has 1 heterocycles. The van der Waals surface area contributed by atoms with Crippen molar-refractivity contribution in [2.45, 2.75) is 32.9 Å². The molecular weight excluding hydrogens is 393 g/mol. The number of rotatable bonds is 7. The minimum absolute atomic E-state index is 0. The molecule has 132 valence electrons. The molecule has 0 aliphatic carbocycles. The Morgan fingerprint density at radius 3 is 2.41 bits per heavy atom. The molecular formula is C15H34IN5O. The first-order chi connectivity index (χ1) is 10.1. The number of likely N-dealkylation sites (N-methyl/N-ethyl adjacent to an activating group) is 1. The molecule has 0 aromatic carbocycles. The van der Waals surface area contributed by atoms with E-state index in [1.165, 1.54) is 0 Å². The number of nitrogens with one attached hydrogen (secondary N) is 2. The fourth-order valence-corrected chi connectivity index (χ4v) is 2.45. The minimum Gasteiger partial charge on any atom is -0.383 e. The first-order valence-corrected chi connectivity index (χ1v) is 8.03. The average molecular weight is 427 g/mol. The highest BCUT2D eigenvalue weighted by Crippen LogP contribution is 2.05. The highest BCUT2D eigenvalue weighted by molar-refractivity contribution is 14.0. The van der Waals surface area contributed by atoms with Gasteiger partial charge in [0.15, 0.2) is 5.96 Å². The van der Waals surface area contributed by atoms with Crippen molar-refractivity contribution in [1.82, 2.24) is 20.4 Å². The first kappa shape index (κ1) is 21.9. The summed E-state index contributed by atoms with van der Waals surface area (Å²) in [7, 11) is 3.90. The number of ether oxygens (including phenoxy) is 1. The number of guanidine groups is 1. The zero-order valence-corrected chi connectivity index (χ0v) is 17.1. The molecule has 1 fully saturated rings. The summed E-state index contributed by atoms with van der Waals surface area (Å²) >= 11 is 0. The van der Waals surface area contributed by atoms with Crippen molar-refractivity contribution in [2.24, 2.45) is 4.99 Å². The molecule has 6 nitrogen and oxygen atoms in total. The summed E-state index contributed by atoms with van der Waals surface area (Å²) in [5.74, 6) is 0.878. The zero-order valence-electron chi connectivity index (χ0n) is 14.8. The van der Waals surface area contributed by atoms with E-state index >= 15 is 0 Å². The van der Waals surface area contributed by atoms with Gasteiger partial charge in [-0.2, -0.15) is 0 Å². The molecule has 2 atom stereocenters. The van der Waals surface area contributed by atoms with Gasteiger partial charge in [-0.3, -0.25) is 9.89 Å². The van der Waals surface area contributed by atoms with Crippen molar-refractivity contribution in [2.75, 3.05) is 60.0 Å². The smallest absolute Gasteiger partial charge is 0.191 e. The number of aliphatic imine (C=N–C) groups is 1. The van der Waals surface area contributed by atoms with E-state index in [1.54, 1.807) is 7.11 Å². The molecule has 0 amide bonds. The third-order valence-corrected chi connectivity index (χ3v) is 3.82. The van der Waals surface area contributed by atoms with Gasteiger partial charge in [0.1, 0.15) is 0 Å². The van der Waals surface area contributed by atoms with Crippen LogP contribution in [0.5, 0.6) is 0 Å². The van der Waals surface area contributed by atoms with Crippen molar-refractivity contribution >= 4 is 29.9 Å². The van der Waals surface area contributed by atoms with Gasteiger partial charge in [0.05, 0.1) is 13.2 Å². The number of halogens is 1. The zero-order chi connectivity index (χ0) is 15.7. The molecule has 1 aliphatic rings. The van der Waals surface area contributed by atoms with Gasteiger partial charge in [0, 0.05) is 51.9 Å². The van der Waals surface area contributed by atoms with E-state index in [4.69, 9.17) is 9.73 Å². The highest BCUT2D eigenvalue weighted by Gasteiger charge is 2.18. The lowest BCUT2D eigenvalue weighted by Crippen LogP contribution is -2.49. The van der Waals surface area contributed by atoms with E-state index < -0.39 is 0 Å². The maximum Gasteiger partial charge on any atom is 0.191 e. The van der Waals surface area contributed by atoms with Crippen molar-refractivity contribution in [3.63, 3.8) is 0 Å². The van der Waals surface area contributed by atoms with Crippen molar-refractivity contribution in [3.05, 3.63) is 0 Å². The molecule has 7 heteroatoms. The summed E-state index contributed by atoms with van der Waals surface area (Å²) in [5.41, 5.74) is 0. The molecule has 0 saturated carbocycles. The Morgan fingerprint density at radius 1 is 1.23 bits per heavy atom. The van der Waals surface area contributed by atoms with Crippen molar-refractivity contribution in [3.8, 4) is 0 Å². The van der Waals surface area contributed by atoms with E-state index in [1.807, 2.05) is 0 Å². The van der Waals surface area contributed by atoms with Crippen LogP contribution in [0.4, 0.5) is 0 Å². The summed E-state index contributed by atoms with van der Waals surface area (Å²) in [6, 6.07) is 0.735. The predicted molar refractivity (Wildman–Crippen MR) is 104 cm³/mol. The van der Waals surface area contributed by atoms with E-state index in [2.05, 4.69) is 48.3 Å². The van der Waals surface area contributed by atoms with Crippen LogP contribution in [0.3, 0.4) is 0 Å². The van der Waals surface area contributed by atoms with Gasteiger partial charge in [-0.05, 0) is 27.8 Å². The average Bonchev–Trinajstić information content (AvgIpc) is 2.45. The SMILES string of the molecule is CCNC(=NCC(C)N1CCN(C)CC1)NC(C)COC.I. The molecule has 1 saturated heterocycles. The Labute approximate surface area is 153 Å². The van der Waals surface area contributed by atoms with Gasteiger partial charge in [0.2, 0.25) is 0 Å². The number of methoxy groups -OCH3 is 1. The maximum absolute atomic E-state index is 5.16. The molecule has 2 unspecified atom stereocenters. The van der Waals surface area contributed by atoms with Crippen molar-refractivity contribution < 1.29 is 4.74 Å². The van der Waals surface area contributed by atoms with Crippen LogP contribution in [-0.4, -0.2) is 87.9 Å². The Kier molecular flexibility index (Phi) is 12.3. The molecule has 1 aliphatic heterocycles. The van der Waals surface area contributed by atoms with Gasteiger partial charge in [0.25, 0.3) is 0 Å². The Balaban J connectivity index is 0.00000441. The number of hydrogen-bond acceptors (Lipinski definition) is 4. The topological polar surface area (TPSA) is 52.1 Å². The standard InChI is InChI=1S/C15H33N5O.HI/c1-6-16-15(18-13(2)12-21-5)17-11-14(3)20-9-7-19(4)8-10-20;/h13-14H,6-12H2,1-5H3,(H2,16,17,18);1H. The number of nitrogens with zero attached hydrogens (tertiary/aromatic N) is 3. The van der Waals surface area contributed by atoms with Crippen LogP contribution in [0.15, 0.2) is 4.99 Å². The van der Waals surface area contributed by atoms with Crippen LogP contribution in [0.25, 0.3) is 0 Å². The highest BCUT2D eigenvalue weighted by atomic mass is 127. The minimum atomic E-state index is 0. The molecule has 0 aromatic heterocycles. The molecule has 0 radical (unpaired) electrons. The number of piperazine rings is 1. The number of hydrogen-bond donors (Lipinski definition) is 2. The van der Waals surface area contributed by atoms with E-state index in [-0.39, 0.29) is 30.0 Å². The third kappa shape index (κ3) is 8.50. The predicted octanol–water partition coefficient (Wildman–Crippen LogP) is 0.830. The van der Waals surface area contributed by atoms with E-state index in [0.29, 0.717) is 12.6 Å². The van der Waals surface area contributed by atoms with Crippen LogP contribution in [-0.2, 0) is 4.74 Å². The van der Waals surface area contributed by atoms with Gasteiger partial charge in [-0.1, -0.05) is 0 Å². The Bertz CT molecular complexity index is 308. The molecule has 1 rings (SSSR count). The first-order valence-electron chi connectivity index (χ1n) is 8.03.